The Morgan fingerprint density at radius 1 is 1.10 bits per heavy atom. The largest absolute Gasteiger partial charge is 0.437 e. The molecule has 3 aromatic rings. The second-order valence-electron chi connectivity index (χ2n) is 4.13. The lowest BCUT2D eigenvalue weighted by atomic mass is 10.2. The van der Waals surface area contributed by atoms with Crippen LogP contribution in [0.25, 0.3) is 10.9 Å². The van der Waals surface area contributed by atoms with Gasteiger partial charge in [0.15, 0.2) is 0 Å². The van der Waals surface area contributed by atoms with Crippen LogP contribution in [-0.4, -0.2) is 9.97 Å². The van der Waals surface area contributed by atoms with E-state index in [1.54, 1.807) is 24.3 Å². The summed E-state index contributed by atoms with van der Waals surface area (Å²) >= 11 is 9.49. The Balaban J connectivity index is 2.06. The first kappa shape index (κ1) is 13.1. The van der Waals surface area contributed by atoms with Gasteiger partial charge in [-0.25, -0.2) is 9.97 Å². The molecule has 0 saturated carbocycles. The highest BCUT2D eigenvalue weighted by Gasteiger charge is 2.09. The predicted molar refractivity (Wildman–Crippen MR) is 83.2 cm³/mol. The maximum absolute atomic E-state index is 6.14. The van der Waals surface area contributed by atoms with Crippen LogP contribution in [0.4, 0.5) is 5.69 Å². The van der Waals surface area contributed by atoms with Gasteiger partial charge in [0.1, 0.15) is 12.1 Å². The number of nitrogens with zero attached hydrogens (tertiary/aromatic N) is 2. The zero-order valence-corrected chi connectivity index (χ0v) is 12.5. The summed E-state index contributed by atoms with van der Waals surface area (Å²) in [6.45, 7) is 0. The molecule has 3 rings (SSSR count). The Labute approximate surface area is 128 Å². The molecule has 0 aliphatic heterocycles. The molecular formula is C14H9BrClN3O. The van der Waals surface area contributed by atoms with Crippen molar-refractivity contribution in [2.24, 2.45) is 0 Å². The van der Waals surface area contributed by atoms with E-state index in [4.69, 9.17) is 22.1 Å². The van der Waals surface area contributed by atoms with E-state index in [1.807, 2.05) is 12.1 Å². The summed E-state index contributed by atoms with van der Waals surface area (Å²) in [6.07, 6.45) is 1.43. The Bertz CT molecular complexity index is 794. The van der Waals surface area contributed by atoms with E-state index in [9.17, 15) is 0 Å². The second kappa shape index (κ2) is 5.26. The first-order valence-corrected chi connectivity index (χ1v) is 6.94. The molecule has 100 valence electrons. The maximum Gasteiger partial charge on any atom is 0.230 e. The van der Waals surface area contributed by atoms with Gasteiger partial charge in [-0.05, 0) is 36.4 Å². The van der Waals surface area contributed by atoms with Crippen LogP contribution in [0.3, 0.4) is 0 Å². The fourth-order valence-electron chi connectivity index (χ4n) is 1.79. The SMILES string of the molecule is Nc1ccc2c(Oc3ccc(Br)cc3Cl)ncnc2c1. The van der Waals surface area contributed by atoms with Crippen molar-refractivity contribution in [1.82, 2.24) is 9.97 Å². The third-order valence-electron chi connectivity index (χ3n) is 2.72. The number of nitrogens with two attached hydrogens (primary N) is 1. The average Bonchev–Trinajstić information content (AvgIpc) is 2.41. The smallest absolute Gasteiger partial charge is 0.230 e. The number of fused-ring (bicyclic) bond motifs is 1. The van der Waals surface area contributed by atoms with Gasteiger partial charge in [0, 0.05) is 10.2 Å². The normalized spacial score (nSPS) is 10.7. The predicted octanol–water partition coefficient (Wildman–Crippen LogP) is 4.42. The van der Waals surface area contributed by atoms with Gasteiger partial charge in [-0.2, -0.15) is 0 Å². The number of nitrogen functional groups attached to an aromatic ring is 1. The third-order valence-corrected chi connectivity index (χ3v) is 3.51. The molecule has 0 spiro atoms. The Morgan fingerprint density at radius 3 is 2.75 bits per heavy atom. The number of halogens is 2. The van der Waals surface area contributed by atoms with Gasteiger partial charge in [0.2, 0.25) is 5.88 Å². The van der Waals surface area contributed by atoms with Crippen molar-refractivity contribution in [3.63, 3.8) is 0 Å². The lowest BCUT2D eigenvalue weighted by Gasteiger charge is -2.09. The molecule has 6 heteroatoms. The van der Waals surface area contributed by atoms with Gasteiger partial charge in [0.25, 0.3) is 0 Å². The minimum Gasteiger partial charge on any atom is -0.437 e. The first-order valence-electron chi connectivity index (χ1n) is 5.76. The lowest BCUT2D eigenvalue weighted by molar-refractivity contribution is 0.468. The minimum atomic E-state index is 0.444. The summed E-state index contributed by atoms with van der Waals surface area (Å²) in [5.74, 6) is 0.978. The molecule has 0 atom stereocenters. The number of benzene rings is 2. The van der Waals surface area contributed by atoms with E-state index in [2.05, 4.69) is 25.9 Å². The molecule has 0 saturated heterocycles. The fourth-order valence-corrected chi connectivity index (χ4v) is 2.50. The van der Waals surface area contributed by atoms with E-state index in [1.165, 1.54) is 6.33 Å². The van der Waals surface area contributed by atoms with Gasteiger partial charge in [-0.1, -0.05) is 27.5 Å². The fraction of sp³-hybridized carbons (Fsp3) is 0. The van der Waals surface area contributed by atoms with Crippen molar-refractivity contribution in [2.45, 2.75) is 0 Å². The zero-order valence-electron chi connectivity index (χ0n) is 10.2. The average molecular weight is 351 g/mol. The second-order valence-corrected chi connectivity index (χ2v) is 5.46. The Kier molecular flexibility index (Phi) is 3.46. The van der Waals surface area contributed by atoms with Crippen molar-refractivity contribution in [3.8, 4) is 11.6 Å². The molecule has 0 radical (unpaired) electrons. The molecule has 20 heavy (non-hydrogen) atoms. The maximum atomic E-state index is 6.14. The van der Waals surface area contributed by atoms with E-state index in [0.29, 0.717) is 22.3 Å². The van der Waals surface area contributed by atoms with Crippen molar-refractivity contribution < 1.29 is 4.74 Å². The van der Waals surface area contributed by atoms with Crippen LogP contribution < -0.4 is 10.5 Å². The van der Waals surface area contributed by atoms with Crippen molar-refractivity contribution in [1.29, 1.82) is 0 Å². The van der Waals surface area contributed by atoms with Crippen LogP contribution >= 0.6 is 27.5 Å². The van der Waals surface area contributed by atoms with Crippen LogP contribution in [0.1, 0.15) is 0 Å². The number of anilines is 1. The van der Waals surface area contributed by atoms with Gasteiger partial charge in [-0.15, -0.1) is 0 Å². The number of rotatable bonds is 2. The zero-order chi connectivity index (χ0) is 14.1. The summed E-state index contributed by atoms with van der Waals surface area (Å²) in [7, 11) is 0. The quantitative estimate of drug-likeness (QED) is 0.695. The molecule has 0 aliphatic rings. The standard InChI is InChI=1S/C14H9BrClN3O/c15-8-1-4-13(11(16)5-8)20-14-10-3-2-9(17)6-12(10)18-7-19-14/h1-7H,17H2. The molecule has 0 unspecified atom stereocenters. The molecule has 0 fully saturated rings. The minimum absolute atomic E-state index is 0.444. The van der Waals surface area contributed by atoms with E-state index in [0.717, 1.165) is 15.4 Å². The lowest BCUT2D eigenvalue weighted by Crippen LogP contribution is -1.93. The molecule has 4 nitrogen and oxygen atoms in total. The molecule has 0 amide bonds. The molecule has 1 aromatic heterocycles. The van der Waals surface area contributed by atoms with E-state index < -0.39 is 0 Å². The summed E-state index contributed by atoms with van der Waals surface area (Å²) in [5.41, 5.74) is 7.11. The van der Waals surface area contributed by atoms with Crippen LogP contribution in [0.15, 0.2) is 47.2 Å². The monoisotopic (exact) mass is 349 g/mol. The highest BCUT2D eigenvalue weighted by Crippen LogP contribution is 2.33. The van der Waals surface area contributed by atoms with Crippen LogP contribution in [-0.2, 0) is 0 Å². The van der Waals surface area contributed by atoms with Crippen LogP contribution in [0.5, 0.6) is 11.6 Å². The van der Waals surface area contributed by atoms with E-state index in [-0.39, 0.29) is 0 Å². The molecule has 2 N–H and O–H groups in total. The molecule has 0 aliphatic carbocycles. The number of aromatic nitrogens is 2. The number of hydrogen-bond acceptors (Lipinski definition) is 4. The number of hydrogen-bond donors (Lipinski definition) is 1. The van der Waals surface area contributed by atoms with Crippen LogP contribution in [0, 0.1) is 0 Å². The highest BCUT2D eigenvalue weighted by molar-refractivity contribution is 9.10. The van der Waals surface area contributed by atoms with E-state index >= 15 is 0 Å². The first-order chi connectivity index (χ1) is 9.63. The van der Waals surface area contributed by atoms with Crippen molar-refractivity contribution in [2.75, 3.05) is 5.73 Å². The number of ether oxygens (including phenoxy) is 1. The van der Waals surface area contributed by atoms with Gasteiger partial charge in [-0.3, -0.25) is 0 Å². The molecule has 0 bridgehead atoms. The van der Waals surface area contributed by atoms with Gasteiger partial charge in [0.05, 0.1) is 15.9 Å². The van der Waals surface area contributed by atoms with Crippen molar-refractivity contribution in [3.05, 3.63) is 52.2 Å². The molecule has 1 heterocycles. The van der Waals surface area contributed by atoms with Gasteiger partial charge >= 0.3 is 0 Å². The summed E-state index contributed by atoms with van der Waals surface area (Å²) in [4.78, 5) is 8.32. The van der Waals surface area contributed by atoms with Crippen LogP contribution in [0.2, 0.25) is 5.02 Å². The van der Waals surface area contributed by atoms with Crippen molar-refractivity contribution >= 4 is 44.1 Å². The highest BCUT2D eigenvalue weighted by atomic mass is 79.9. The third kappa shape index (κ3) is 2.55. The summed E-state index contributed by atoms with van der Waals surface area (Å²) in [6, 6.07) is 10.8. The Morgan fingerprint density at radius 2 is 1.95 bits per heavy atom. The van der Waals surface area contributed by atoms with Gasteiger partial charge < -0.3 is 10.5 Å². The summed E-state index contributed by atoms with van der Waals surface area (Å²) < 4.78 is 6.66. The molecule has 2 aromatic carbocycles. The summed E-state index contributed by atoms with van der Waals surface area (Å²) in [5, 5.41) is 1.28. The molecular weight excluding hydrogens is 342 g/mol. The Hall–Kier alpha value is -1.85. The topological polar surface area (TPSA) is 61.0 Å².